The molecule has 7 heteroatoms. The van der Waals surface area contributed by atoms with Crippen LogP contribution in [0, 0.1) is 10.1 Å². The van der Waals surface area contributed by atoms with Crippen LogP contribution in [0.4, 0.5) is 11.5 Å². The number of nitrogens with zero attached hydrogens (tertiary/aromatic N) is 4. The molecule has 0 spiro atoms. The zero-order chi connectivity index (χ0) is 13.2. The number of aliphatic hydroxyl groups is 1. The van der Waals surface area contributed by atoms with Gasteiger partial charge in [0.15, 0.2) is 0 Å². The van der Waals surface area contributed by atoms with Gasteiger partial charge in [-0.3, -0.25) is 10.1 Å². The highest BCUT2D eigenvalue weighted by molar-refractivity contribution is 5.61. The van der Waals surface area contributed by atoms with Crippen molar-refractivity contribution < 1.29 is 10.0 Å². The molecule has 0 amide bonds. The number of anilines is 1. The summed E-state index contributed by atoms with van der Waals surface area (Å²) in [5, 5.41) is 24.2. The van der Waals surface area contributed by atoms with Crippen molar-refractivity contribution in [3.63, 3.8) is 0 Å². The molecule has 1 N–H and O–H groups in total. The van der Waals surface area contributed by atoms with E-state index in [1.807, 2.05) is 13.8 Å². The van der Waals surface area contributed by atoms with E-state index in [0.29, 0.717) is 18.1 Å². The third-order valence-electron chi connectivity index (χ3n) is 2.55. The first-order chi connectivity index (χ1) is 7.90. The fourth-order valence-electron chi connectivity index (χ4n) is 1.77. The van der Waals surface area contributed by atoms with E-state index in [-0.39, 0.29) is 18.2 Å². The van der Waals surface area contributed by atoms with Crippen molar-refractivity contribution in [2.75, 3.05) is 25.1 Å². The third kappa shape index (κ3) is 2.55. The van der Waals surface area contributed by atoms with Crippen LogP contribution in [0.3, 0.4) is 0 Å². The topological polar surface area (TPSA) is 84.4 Å². The molecule has 17 heavy (non-hydrogen) atoms. The lowest BCUT2D eigenvalue weighted by atomic mass is 10.1. The van der Waals surface area contributed by atoms with Gasteiger partial charge in [0.1, 0.15) is 5.69 Å². The fraction of sp³-hybridized carbons (Fsp3) is 0.700. The van der Waals surface area contributed by atoms with E-state index in [9.17, 15) is 10.1 Å². The number of hydrogen-bond acceptors (Lipinski definition) is 5. The zero-order valence-corrected chi connectivity index (χ0v) is 10.5. The second-order valence-corrected chi connectivity index (χ2v) is 4.24. The van der Waals surface area contributed by atoms with Gasteiger partial charge in [0.25, 0.3) is 0 Å². The molecule has 1 rings (SSSR count). The average Bonchev–Trinajstić information content (AvgIpc) is 2.56. The lowest BCUT2D eigenvalue weighted by Crippen LogP contribution is -2.24. The minimum Gasteiger partial charge on any atom is -0.395 e. The number of aryl methyl sites for hydroxylation is 1. The van der Waals surface area contributed by atoms with Crippen molar-refractivity contribution in [1.82, 2.24) is 9.78 Å². The highest BCUT2D eigenvalue weighted by Crippen LogP contribution is 2.34. The number of nitro groups is 1. The molecular weight excluding hydrogens is 224 g/mol. The van der Waals surface area contributed by atoms with E-state index >= 15 is 0 Å². The van der Waals surface area contributed by atoms with Crippen LogP contribution < -0.4 is 4.90 Å². The average molecular weight is 242 g/mol. The standard InChI is InChI=1S/C10H18N4O3/c1-7(2)8-9(14(16)17)10(13(4)11-8)12(3)5-6-15/h7,15H,5-6H2,1-4H3. The van der Waals surface area contributed by atoms with Gasteiger partial charge in [-0.1, -0.05) is 13.8 Å². The van der Waals surface area contributed by atoms with E-state index in [2.05, 4.69) is 5.10 Å². The van der Waals surface area contributed by atoms with E-state index < -0.39 is 4.92 Å². The highest BCUT2D eigenvalue weighted by Gasteiger charge is 2.30. The lowest BCUT2D eigenvalue weighted by molar-refractivity contribution is -0.385. The van der Waals surface area contributed by atoms with Crippen molar-refractivity contribution in [3.8, 4) is 0 Å². The summed E-state index contributed by atoms with van der Waals surface area (Å²) in [6.07, 6.45) is 0. The minimum absolute atomic E-state index is 0.0159. The Hall–Kier alpha value is -1.63. The Morgan fingerprint density at radius 3 is 2.59 bits per heavy atom. The summed E-state index contributed by atoms with van der Waals surface area (Å²) >= 11 is 0. The van der Waals surface area contributed by atoms with Gasteiger partial charge in [-0.15, -0.1) is 0 Å². The first-order valence-electron chi connectivity index (χ1n) is 5.43. The molecule has 0 unspecified atom stereocenters. The van der Waals surface area contributed by atoms with Crippen LogP contribution in [0.1, 0.15) is 25.5 Å². The Balaban J connectivity index is 3.32. The molecule has 0 atom stereocenters. The van der Waals surface area contributed by atoms with E-state index in [1.165, 1.54) is 4.68 Å². The van der Waals surface area contributed by atoms with E-state index in [4.69, 9.17) is 5.11 Å². The second kappa shape index (κ2) is 5.13. The van der Waals surface area contributed by atoms with E-state index in [0.717, 1.165) is 0 Å². The Labute approximate surface area is 99.8 Å². The normalized spacial score (nSPS) is 10.9. The summed E-state index contributed by atoms with van der Waals surface area (Å²) in [5.41, 5.74) is 0.496. The predicted molar refractivity (Wildman–Crippen MR) is 64.3 cm³/mol. The molecular formula is C10H18N4O3. The summed E-state index contributed by atoms with van der Waals surface area (Å²) in [7, 11) is 3.37. The van der Waals surface area contributed by atoms with Gasteiger partial charge in [0.05, 0.1) is 11.5 Å². The Kier molecular flexibility index (Phi) is 4.06. The first kappa shape index (κ1) is 13.4. The Morgan fingerprint density at radius 2 is 2.18 bits per heavy atom. The van der Waals surface area contributed by atoms with Gasteiger partial charge < -0.3 is 10.0 Å². The number of aromatic nitrogens is 2. The SMILES string of the molecule is CC(C)c1nn(C)c(N(C)CCO)c1[N+](=O)[O-]. The number of rotatable bonds is 5. The molecule has 0 aliphatic rings. The Bertz CT molecular complexity index is 414. The second-order valence-electron chi connectivity index (χ2n) is 4.24. The van der Waals surface area contributed by atoms with Crippen molar-refractivity contribution in [3.05, 3.63) is 15.8 Å². The summed E-state index contributed by atoms with van der Waals surface area (Å²) < 4.78 is 1.49. The molecule has 0 aliphatic carbocycles. The van der Waals surface area contributed by atoms with Gasteiger partial charge in [-0.25, -0.2) is 4.68 Å². The molecule has 0 saturated heterocycles. The molecule has 96 valence electrons. The fourth-order valence-corrected chi connectivity index (χ4v) is 1.77. The molecule has 1 heterocycles. The molecule has 1 aromatic rings. The molecule has 0 aliphatic heterocycles. The molecule has 0 fully saturated rings. The highest BCUT2D eigenvalue weighted by atomic mass is 16.6. The van der Waals surface area contributed by atoms with Crippen LogP contribution >= 0.6 is 0 Å². The molecule has 0 saturated carbocycles. The smallest absolute Gasteiger partial charge is 0.334 e. The molecule has 0 bridgehead atoms. The van der Waals surface area contributed by atoms with Crippen LogP contribution in [0.5, 0.6) is 0 Å². The third-order valence-corrected chi connectivity index (χ3v) is 2.55. The largest absolute Gasteiger partial charge is 0.395 e. The van der Waals surface area contributed by atoms with Crippen molar-refractivity contribution in [2.45, 2.75) is 19.8 Å². The lowest BCUT2D eigenvalue weighted by Gasteiger charge is -2.16. The van der Waals surface area contributed by atoms with Gasteiger partial charge in [0.2, 0.25) is 5.82 Å². The van der Waals surface area contributed by atoms with Crippen LogP contribution in [0.15, 0.2) is 0 Å². The predicted octanol–water partition coefficient (Wildman–Crippen LogP) is 0.880. The molecule has 7 nitrogen and oxygen atoms in total. The number of aliphatic hydroxyl groups excluding tert-OH is 1. The monoisotopic (exact) mass is 242 g/mol. The van der Waals surface area contributed by atoms with Gasteiger partial charge in [0, 0.05) is 26.6 Å². The summed E-state index contributed by atoms with van der Waals surface area (Å²) in [4.78, 5) is 12.4. The molecule has 1 aromatic heterocycles. The number of hydrogen-bond donors (Lipinski definition) is 1. The molecule has 0 radical (unpaired) electrons. The maximum Gasteiger partial charge on any atom is 0.334 e. The van der Waals surface area contributed by atoms with Crippen LogP contribution in [-0.4, -0.2) is 40.0 Å². The van der Waals surface area contributed by atoms with Gasteiger partial charge in [-0.2, -0.15) is 5.10 Å². The van der Waals surface area contributed by atoms with Gasteiger partial charge in [-0.05, 0) is 0 Å². The van der Waals surface area contributed by atoms with Crippen molar-refractivity contribution in [2.24, 2.45) is 7.05 Å². The van der Waals surface area contributed by atoms with Crippen LogP contribution in [-0.2, 0) is 7.05 Å². The van der Waals surface area contributed by atoms with Crippen molar-refractivity contribution >= 4 is 11.5 Å². The summed E-state index contributed by atoms with van der Waals surface area (Å²) in [5.74, 6) is 0.408. The summed E-state index contributed by atoms with van der Waals surface area (Å²) in [6, 6.07) is 0. The minimum atomic E-state index is -0.411. The maximum absolute atomic E-state index is 11.1. The molecule has 0 aromatic carbocycles. The Morgan fingerprint density at radius 1 is 1.59 bits per heavy atom. The van der Waals surface area contributed by atoms with Crippen LogP contribution in [0.25, 0.3) is 0 Å². The van der Waals surface area contributed by atoms with E-state index in [1.54, 1.807) is 19.0 Å². The van der Waals surface area contributed by atoms with Crippen LogP contribution in [0.2, 0.25) is 0 Å². The summed E-state index contributed by atoms with van der Waals surface area (Å²) in [6.45, 7) is 4.00. The zero-order valence-electron chi connectivity index (χ0n) is 10.5. The van der Waals surface area contributed by atoms with Crippen molar-refractivity contribution in [1.29, 1.82) is 0 Å². The first-order valence-corrected chi connectivity index (χ1v) is 5.43. The van der Waals surface area contributed by atoms with Gasteiger partial charge >= 0.3 is 5.69 Å². The quantitative estimate of drug-likeness (QED) is 0.612. The number of likely N-dealkylation sites (N-methyl/N-ethyl adjacent to an activating group) is 1. The maximum atomic E-state index is 11.1.